The van der Waals surface area contributed by atoms with Gasteiger partial charge in [0.2, 0.25) is 6.41 Å². The van der Waals surface area contributed by atoms with E-state index in [1.54, 1.807) is 0 Å². The quantitative estimate of drug-likeness (QED) is 0.351. The molecule has 2 N–H and O–H groups in total. The fourth-order valence-electron chi connectivity index (χ4n) is 0. The predicted molar refractivity (Wildman–Crippen MR) is 10.3 cm³/mol. The van der Waals surface area contributed by atoms with Gasteiger partial charge in [-0.2, -0.15) is 0 Å². The Morgan fingerprint density at radius 2 is 1.75 bits per heavy atom. The third-order valence-corrected chi connectivity index (χ3v) is 0. The van der Waals surface area contributed by atoms with E-state index >= 15 is 0 Å². The Kier molecular flexibility index (Phi) is 25.3. The summed E-state index contributed by atoms with van der Waals surface area (Å²) in [6.07, 6.45) is 0.250. The van der Waals surface area contributed by atoms with Crippen LogP contribution < -0.4 is 5.73 Å². The zero-order valence-corrected chi connectivity index (χ0v) is 3.53. The molecular weight excluding hydrogens is 145 g/mol. The van der Waals surface area contributed by atoms with Crippen molar-refractivity contribution in [1.82, 2.24) is 0 Å². The van der Waals surface area contributed by atoms with E-state index in [2.05, 4.69) is 5.73 Å². The Hall–Kier alpha value is 0.0934. The molecule has 1 amide bonds. The number of amides is 1. The molecule has 1 radical (unpaired) electrons. The molecule has 3 heteroatoms. The number of nitrogens with two attached hydrogens (primary N) is 1. The molecule has 0 fully saturated rings. The Labute approximate surface area is 37.1 Å². The first-order valence-corrected chi connectivity index (χ1v) is 0.569. The maximum absolute atomic E-state index is 8.58. The second-order valence-electron chi connectivity index (χ2n) is 0.136. The Balaban J connectivity index is 0. The molecule has 27 valence electrons. The molecular formula is CH3NORh. The molecule has 0 aromatic rings. The Morgan fingerprint density at radius 3 is 1.75 bits per heavy atom. The van der Waals surface area contributed by atoms with Gasteiger partial charge in [-0.15, -0.1) is 0 Å². The standard InChI is InChI=1S/CH3NO.Rh/c2-1-3;/h1H,(H2,2,3);. The van der Waals surface area contributed by atoms with Gasteiger partial charge in [0.05, 0.1) is 0 Å². The van der Waals surface area contributed by atoms with Crippen LogP contribution in [0.1, 0.15) is 0 Å². The molecule has 4 heavy (non-hydrogen) atoms. The van der Waals surface area contributed by atoms with Crippen molar-refractivity contribution in [2.75, 3.05) is 0 Å². The van der Waals surface area contributed by atoms with Crippen molar-refractivity contribution in [1.29, 1.82) is 0 Å². The van der Waals surface area contributed by atoms with E-state index in [4.69, 9.17) is 4.79 Å². The van der Waals surface area contributed by atoms with Crippen LogP contribution in [-0.4, -0.2) is 6.41 Å². The van der Waals surface area contributed by atoms with E-state index in [9.17, 15) is 0 Å². The smallest absolute Gasteiger partial charge is 0.204 e. The molecule has 0 heterocycles. The van der Waals surface area contributed by atoms with E-state index in [1.165, 1.54) is 0 Å². The van der Waals surface area contributed by atoms with Crippen molar-refractivity contribution in [3.63, 3.8) is 0 Å². The van der Waals surface area contributed by atoms with E-state index in [-0.39, 0.29) is 25.9 Å². The first-order valence-electron chi connectivity index (χ1n) is 0.569. The average Bonchev–Trinajstić information content (AvgIpc) is 0.918. The second-order valence-corrected chi connectivity index (χ2v) is 0.136. The molecule has 0 aliphatic carbocycles. The molecule has 0 saturated carbocycles. The van der Waals surface area contributed by atoms with Gasteiger partial charge in [-0.05, 0) is 0 Å². The van der Waals surface area contributed by atoms with E-state index in [1.807, 2.05) is 0 Å². The molecule has 0 aromatic carbocycles. The number of hydrogen-bond donors (Lipinski definition) is 1. The monoisotopic (exact) mass is 148 g/mol. The van der Waals surface area contributed by atoms with Crippen LogP contribution in [0.25, 0.3) is 0 Å². The fraction of sp³-hybridized carbons (Fsp3) is 0. The minimum atomic E-state index is 0. The normalized spacial score (nSPS) is 3.00. The van der Waals surface area contributed by atoms with E-state index in [0.717, 1.165) is 0 Å². The summed E-state index contributed by atoms with van der Waals surface area (Å²) in [7, 11) is 0. The molecule has 0 unspecified atom stereocenters. The van der Waals surface area contributed by atoms with Gasteiger partial charge in [0.25, 0.3) is 0 Å². The molecule has 0 aliphatic heterocycles. The minimum Gasteiger partial charge on any atom is -0.372 e. The molecule has 0 spiro atoms. The molecule has 0 aliphatic rings. The molecule has 0 bridgehead atoms. The van der Waals surface area contributed by atoms with Crippen LogP contribution in [0.5, 0.6) is 0 Å². The maximum atomic E-state index is 8.58. The van der Waals surface area contributed by atoms with Crippen LogP contribution in [0.4, 0.5) is 0 Å². The van der Waals surface area contributed by atoms with E-state index < -0.39 is 0 Å². The van der Waals surface area contributed by atoms with Crippen LogP contribution >= 0.6 is 0 Å². The van der Waals surface area contributed by atoms with Crippen LogP contribution in [0.3, 0.4) is 0 Å². The van der Waals surface area contributed by atoms with Crippen molar-refractivity contribution in [2.24, 2.45) is 5.73 Å². The van der Waals surface area contributed by atoms with Gasteiger partial charge in [-0.3, -0.25) is 4.79 Å². The third kappa shape index (κ3) is 287. The van der Waals surface area contributed by atoms with Gasteiger partial charge in [0.1, 0.15) is 0 Å². The molecule has 0 atom stereocenters. The van der Waals surface area contributed by atoms with Crippen LogP contribution in [0, 0.1) is 0 Å². The summed E-state index contributed by atoms with van der Waals surface area (Å²) in [4.78, 5) is 8.58. The second kappa shape index (κ2) is 11.3. The number of carbonyl (C=O) groups is 1. The van der Waals surface area contributed by atoms with Crippen molar-refractivity contribution in [2.45, 2.75) is 0 Å². The van der Waals surface area contributed by atoms with Gasteiger partial charge in [-0.1, -0.05) is 0 Å². The van der Waals surface area contributed by atoms with Gasteiger partial charge in [0.15, 0.2) is 0 Å². The fourth-order valence-corrected chi connectivity index (χ4v) is 0. The first kappa shape index (κ1) is 8.94. The van der Waals surface area contributed by atoms with Crippen molar-refractivity contribution in [3.8, 4) is 0 Å². The first-order chi connectivity index (χ1) is 1.41. The zero-order chi connectivity index (χ0) is 2.71. The number of rotatable bonds is 0. The van der Waals surface area contributed by atoms with Crippen molar-refractivity contribution < 1.29 is 24.3 Å². The van der Waals surface area contributed by atoms with Crippen LogP contribution in [-0.2, 0) is 24.3 Å². The summed E-state index contributed by atoms with van der Waals surface area (Å²) < 4.78 is 0. The minimum absolute atomic E-state index is 0. The Morgan fingerprint density at radius 1 is 1.75 bits per heavy atom. The van der Waals surface area contributed by atoms with Crippen LogP contribution in [0.15, 0.2) is 0 Å². The molecule has 0 rings (SSSR count). The molecule has 0 aromatic heterocycles. The maximum Gasteiger partial charge on any atom is 0.204 e. The zero-order valence-electron chi connectivity index (χ0n) is 1.90. The van der Waals surface area contributed by atoms with Gasteiger partial charge in [-0.25, -0.2) is 0 Å². The summed E-state index contributed by atoms with van der Waals surface area (Å²) in [6, 6.07) is 0. The summed E-state index contributed by atoms with van der Waals surface area (Å²) >= 11 is 0. The van der Waals surface area contributed by atoms with Gasteiger partial charge >= 0.3 is 0 Å². The topological polar surface area (TPSA) is 43.1 Å². The van der Waals surface area contributed by atoms with Gasteiger partial charge in [0, 0.05) is 19.5 Å². The van der Waals surface area contributed by atoms with Gasteiger partial charge < -0.3 is 5.73 Å². The SMILES string of the molecule is NC=O.[Rh]. The van der Waals surface area contributed by atoms with Crippen LogP contribution in [0.2, 0.25) is 0 Å². The predicted octanol–water partition coefficient (Wildman–Crippen LogP) is -0.901. The summed E-state index contributed by atoms with van der Waals surface area (Å²) in [5, 5.41) is 0. The van der Waals surface area contributed by atoms with Crippen molar-refractivity contribution >= 4 is 6.41 Å². The summed E-state index contributed by atoms with van der Waals surface area (Å²) in [5.74, 6) is 0. The number of primary amides is 1. The molecule has 0 saturated heterocycles. The number of hydrogen-bond acceptors (Lipinski definition) is 1. The molecule has 2 nitrogen and oxygen atoms in total. The number of carbonyl (C=O) groups excluding carboxylic acids is 1. The average molecular weight is 148 g/mol. The summed E-state index contributed by atoms with van der Waals surface area (Å²) in [6.45, 7) is 0. The summed E-state index contributed by atoms with van der Waals surface area (Å²) in [5.41, 5.74) is 4.17. The third-order valence-electron chi connectivity index (χ3n) is 0. The van der Waals surface area contributed by atoms with Crippen molar-refractivity contribution in [3.05, 3.63) is 0 Å². The Bertz CT molecular complexity index is 15.5. The van der Waals surface area contributed by atoms with E-state index in [0.29, 0.717) is 0 Å². The largest absolute Gasteiger partial charge is 0.372 e.